The van der Waals surface area contributed by atoms with Crippen LogP contribution >= 0.6 is 0 Å². The summed E-state index contributed by atoms with van der Waals surface area (Å²) < 4.78 is 37.8. The molecule has 0 saturated carbocycles. The van der Waals surface area contributed by atoms with Gasteiger partial charge in [0, 0.05) is 24.2 Å². The predicted octanol–water partition coefficient (Wildman–Crippen LogP) is 3.45. The molecule has 0 aromatic heterocycles. The van der Waals surface area contributed by atoms with E-state index in [0.717, 1.165) is 25.9 Å². The molecule has 0 N–H and O–H groups in total. The number of fused-ring (bicyclic) bond motifs is 3. The highest BCUT2D eigenvalue weighted by Gasteiger charge is 2.33. The van der Waals surface area contributed by atoms with Crippen LogP contribution in [0.15, 0.2) is 46.2 Å². The van der Waals surface area contributed by atoms with Gasteiger partial charge in [-0.3, -0.25) is 0 Å². The summed E-state index contributed by atoms with van der Waals surface area (Å²) in [4.78, 5) is 5.54. The van der Waals surface area contributed by atoms with E-state index in [0.29, 0.717) is 45.6 Å². The number of nitrogens with zero attached hydrogens (tertiary/aromatic N) is 2. The second-order valence-corrected chi connectivity index (χ2v) is 10.5. The van der Waals surface area contributed by atoms with Crippen molar-refractivity contribution in [3.8, 4) is 22.6 Å². The Bertz CT molecular complexity index is 968. The van der Waals surface area contributed by atoms with E-state index in [1.807, 2.05) is 12.1 Å². The molecular formula is C24H30N2O4S. The van der Waals surface area contributed by atoms with Gasteiger partial charge in [0.25, 0.3) is 0 Å². The summed E-state index contributed by atoms with van der Waals surface area (Å²) in [5.74, 6) is 1.43. The second-order valence-electron chi connectivity index (χ2n) is 8.61. The van der Waals surface area contributed by atoms with E-state index in [1.165, 1.54) is 39.0 Å². The summed E-state index contributed by atoms with van der Waals surface area (Å²) in [7, 11) is -3.49. The van der Waals surface area contributed by atoms with Crippen LogP contribution in [-0.2, 0) is 9.84 Å². The van der Waals surface area contributed by atoms with Crippen LogP contribution in [-0.4, -0.2) is 70.7 Å². The highest BCUT2D eigenvalue weighted by atomic mass is 32.2. The molecule has 5 rings (SSSR count). The van der Waals surface area contributed by atoms with Gasteiger partial charge in [-0.15, -0.1) is 0 Å². The van der Waals surface area contributed by atoms with Crippen molar-refractivity contribution in [2.24, 2.45) is 0 Å². The molecule has 3 aliphatic rings. The fourth-order valence-electron chi connectivity index (χ4n) is 4.37. The van der Waals surface area contributed by atoms with Crippen molar-refractivity contribution in [1.82, 2.24) is 9.80 Å². The molecule has 3 heterocycles. The number of likely N-dealkylation sites (tertiary alicyclic amines) is 2. The van der Waals surface area contributed by atoms with Gasteiger partial charge in [-0.25, -0.2) is 8.42 Å². The Balaban J connectivity index is 1.26. The Labute approximate surface area is 184 Å². The maximum absolute atomic E-state index is 13.0. The Morgan fingerprint density at radius 1 is 0.710 bits per heavy atom. The van der Waals surface area contributed by atoms with Crippen LogP contribution in [0.1, 0.15) is 25.7 Å². The van der Waals surface area contributed by atoms with Gasteiger partial charge in [-0.1, -0.05) is 0 Å². The first-order chi connectivity index (χ1) is 15.1. The second kappa shape index (κ2) is 8.81. The third-order valence-corrected chi connectivity index (χ3v) is 8.31. The van der Waals surface area contributed by atoms with Crippen LogP contribution < -0.4 is 9.47 Å². The van der Waals surface area contributed by atoms with Crippen LogP contribution in [0.25, 0.3) is 11.1 Å². The molecule has 2 aromatic carbocycles. The van der Waals surface area contributed by atoms with Crippen molar-refractivity contribution in [3.63, 3.8) is 0 Å². The van der Waals surface area contributed by atoms with Crippen LogP contribution in [0.4, 0.5) is 0 Å². The SMILES string of the molecule is O=S1(=O)c2ccc(OCCCN3CCC3)cc2-c2cc(OCCCN3CCC3)ccc21. The lowest BCUT2D eigenvalue weighted by atomic mass is 10.1. The van der Waals surface area contributed by atoms with E-state index in [1.54, 1.807) is 24.3 Å². The standard InChI is InChI=1S/C24H30N2O4S/c27-31(28)23-7-5-19(29-15-3-13-25-9-1-10-25)17-21(23)22-18-20(6-8-24(22)31)30-16-4-14-26-11-2-12-26/h5-8,17-18H,1-4,9-16H2. The van der Waals surface area contributed by atoms with Gasteiger partial charge < -0.3 is 19.3 Å². The predicted molar refractivity (Wildman–Crippen MR) is 120 cm³/mol. The molecule has 2 aromatic rings. The highest BCUT2D eigenvalue weighted by molar-refractivity contribution is 7.92. The first kappa shape index (κ1) is 20.8. The third-order valence-electron chi connectivity index (χ3n) is 6.44. The lowest BCUT2D eigenvalue weighted by Gasteiger charge is -2.30. The largest absolute Gasteiger partial charge is 0.494 e. The molecule has 0 spiro atoms. The molecular weight excluding hydrogens is 412 g/mol. The van der Waals surface area contributed by atoms with Gasteiger partial charge in [-0.2, -0.15) is 0 Å². The molecule has 2 saturated heterocycles. The van der Waals surface area contributed by atoms with Gasteiger partial charge in [0.05, 0.1) is 23.0 Å². The molecule has 0 radical (unpaired) electrons. The molecule has 7 heteroatoms. The lowest BCUT2D eigenvalue weighted by Crippen LogP contribution is -2.38. The normalized spacial score (nSPS) is 19.2. The lowest BCUT2D eigenvalue weighted by molar-refractivity contribution is 0.165. The van der Waals surface area contributed by atoms with Crippen molar-refractivity contribution < 1.29 is 17.9 Å². The Kier molecular flexibility index (Phi) is 5.91. The summed E-state index contributed by atoms with van der Waals surface area (Å²) in [6, 6.07) is 10.6. The Morgan fingerprint density at radius 2 is 1.16 bits per heavy atom. The minimum atomic E-state index is -3.49. The topological polar surface area (TPSA) is 59.1 Å². The van der Waals surface area contributed by atoms with Crippen LogP contribution in [0.5, 0.6) is 11.5 Å². The van der Waals surface area contributed by atoms with E-state index in [2.05, 4.69) is 9.80 Å². The number of hydrogen-bond acceptors (Lipinski definition) is 6. The maximum Gasteiger partial charge on any atom is 0.207 e. The minimum absolute atomic E-state index is 0.352. The summed E-state index contributed by atoms with van der Waals surface area (Å²) in [6.45, 7) is 8.14. The quantitative estimate of drug-likeness (QED) is 0.448. The first-order valence-corrected chi connectivity index (χ1v) is 12.8. The zero-order chi connectivity index (χ0) is 21.3. The molecule has 3 aliphatic heterocycles. The molecule has 0 aliphatic carbocycles. The van der Waals surface area contributed by atoms with Gasteiger partial charge in [-0.05, 0) is 88.3 Å². The van der Waals surface area contributed by atoms with E-state index in [9.17, 15) is 8.42 Å². The van der Waals surface area contributed by atoms with Gasteiger partial charge in [0.1, 0.15) is 11.5 Å². The zero-order valence-electron chi connectivity index (χ0n) is 17.9. The molecule has 0 amide bonds. The Morgan fingerprint density at radius 3 is 1.55 bits per heavy atom. The number of benzene rings is 2. The molecule has 0 bridgehead atoms. The van der Waals surface area contributed by atoms with E-state index >= 15 is 0 Å². The molecule has 2 fully saturated rings. The van der Waals surface area contributed by atoms with Gasteiger partial charge in [0.2, 0.25) is 9.84 Å². The molecule has 0 unspecified atom stereocenters. The summed E-state index contributed by atoms with van der Waals surface area (Å²) >= 11 is 0. The van der Waals surface area contributed by atoms with Crippen LogP contribution in [0, 0.1) is 0 Å². The molecule has 166 valence electrons. The number of ether oxygens (including phenoxy) is 2. The highest BCUT2D eigenvalue weighted by Crippen LogP contribution is 2.45. The van der Waals surface area contributed by atoms with Crippen molar-refractivity contribution in [1.29, 1.82) is 0 Å². The summed E-state index contributed by atoms with van der Waals surface area (Å²) in [5.41, 5.74) is 1.42. The summed E-state index contributed by atoms with van der Waals surface area (Å²) in [5, 5.41) is 0. The Hall–Kier alpha value is -2.09. The maximum atomic E-state index is 13.0. The first-order valence-electron chi connectivity index (χ1n) is 11.4. The van der Waals surface area contributed by atoms with Gasteiger partial charge >= 0.3 is 0 Å². The average Bonchev–Trinajstić information content (AvgIpc) is 2.91. The summed E-state index contributed by atoms with van der Waals surface area (Å²) in [6.07, 6.45) is 4.54. The fourth-order valence-corrected chi connectivity index (χ4v) is 6.02. The van der Waals surface area contributed by atoms with E-state index in [-0.39, 0.29) is 0 Å². The van der Waals surface area contributed by atoms with Crippen molar-refractivity contribution >= 4 is 9.84 Å². The van der Waals surface area contributed by atoms with Crippen molar-refractivity contribution in [3.05, 3.63) is 36.4 Å². The zero-order valence-corrected chi connectivity index (χ0v) is 18.7. The molecule has 31 heavy (non-hydrogen) atoms. The number of hydrogen-bond donors (Lipinski definition) is 0. The fraction of sp³-hybridized carbons (Fsp3) is 0.500. The van der Waals surface area contributed by atoms with Crippen molar-refractivity contribution in [2.45, 2.75) is 35.5 Å². The van der Waals surface area contributed by atoms with Gasteiger partial charge in [0.15, 0.2) is 0 Å². The van der Waals surface area contributed by atoms with E-state index in [4.69, 9.17) is 9.47 Å². The monoisotopic (exact) mass is 442 g/mol. The third kappa shape index (κ3) is 4.31. The number of rotatable bonds is 10. The van der Waals surface area contributed by atoms with Crippen LogP contribution in [0.2, 0.25) is 0 Å². The molecule has 0 atom stereocenters. The smallest absolute Gasteiger partial charge is 0.207 e. The van der Waals surface area contributed by atoms with Crippen molar-refractivity contribution in [2.75, 3.05) is 52.5 Å². The minimum Gasteiger partial charge on any atom is -0.494 e. The number of sulfone groups is 1. The van der Waals surface area contributed by atoms with Crippen LogP contribution in [0.3, 0.4) is 0 Å². The van der Waals surface area contributed by atoms with E-state index < -0.39 is 9.84 Å². The average molecular weight is 443 g/mol. The molecule has 6 nitrogen and oxygen atoms in total.